The maximum absolute atomic E-state index is 12.9. The molecule has 0 aliphatic carbocycles. The van der Waals surface area contributed by atoms with Crippen LogP contribution in [0.4, 0.5) is 5.69 Å². The first-order valence-electron chi connectivity index (χ1n) is 10.0. The number of aromatic nitrogens is 1. The molecule has 1 aromatic heterocycles. The first-order chi connectivity index (χ1) is 15.2. The molecule has 9 heteroatoms. The van der Waals surface area contributed by atoms with E-state index in [-0.39, 0.29) is 35.3 Å². The van der Waals surface area contributed by atoms with Gasteiger partial charge in [0.05, 0.1) is 18.7 Å². The van der Waals surface area contributed by atoms with Crippen LogP contribution >= 0.6 is 0 Å². The van der Waals surface area contributed by atoms with E-state index in [2.05, 4.69) is 15.5 Å². The summed E-state index contributed by atoms with van der Waals surface area (Å²) in [7, 11) is 1.42. The fourth-order valence-electron chi connectivity index (χ4n) is 3.02. The molecule has 2 aromatic rings. The monoisotopic (exact) mass is 438 g/mol. The van der Waals surface area contributed by atoms with Crippen LogP contribution < -0.4 is 21.2 Å². The number of anilines is 1. The van der Waals surface area contributed by atoms with Gasteiger partial charge >= 0.3 is 0 Å². The van der Waals surface area contributed by atoms with Crippen LogP contribution in [0.15, 0.2) is 41.7 Å². The Kier molecular flexibility index (Phi) is 8.34. The van der Waals surface area contributed by atoms with Crippen LogP contribution in [0, 0.1) is 10.8 Å². The second kappa shape index (κ2) is 10.9. The minimum absolute atomic E-state index is 0.0125. The Morgan fingerprint density at radius 2 is 2.00 bits per heavy atom. The Hall–Kier alpha value is -3.88. The molecule has 1 heterocycles. The molecule has 32 heavy (non-hydrogen) atoms. The van der Waals surface area contributed by atoms with Crippen molar-refractivity contribution >= 4 is 29.2 Å². The van der Waals surface area contributed by atoms with Crippen LogP contribution in [0.1, 0.15) is 52.7 Å². The van der Waals surface area contributed by atoms with Crippen molar-refractivity contribution in [1.82, 2.24) is 10.3 Å². The molecule has 1 aromatic carbocycles. The number of carbonyl (C=O) groups is 2. The number of allylic oxidation sites excluding steroid dienone is 1. The second-order valence-electron chi connectivity index (χ2n) is 7.57. The van der Waals surface area contributed by atoms with Crippen LogP contribution in [0.2, 0.25) is 0 Å². The van der Waals surface area contributed by atoms with Gasteiger partial charge in [0, 0.05) is 24.9 Å². The Morgan fingerprint density at radius 1 is 1.28 bits per heavy atom. The van der Waals surface area contributed by atoms with Gasteiger partial charge in [0.1, 0.15) is 23.6 Å². The summed E-state index contributed by atoms with van der Waals surface area (Å²) in [6.07, 6.45) is 4.88. The number of rotatable bonds is 10. The van der Waals surface area contributed by atoms with Crippen LogP contribution in [-0.4, -0.2) is 42.1 Å². The number of benzene rings is 1. The van der Waals surface area contributed by atoms with Gasteiger partial charge in [-0.05, 0) is 35.8 Å². The number of nitrogens with zero attached hydrogens (tertiary/aromatic N) is 2. The van der Waals surface area contributed by atoms with Crippen molar-refractivity contribution in [2.75, 3.05) is 19.4 Å². The molecule has 0 aliphatic heterocycles. The van der Waals surface area contributed by atoms with Gasteiger partial charge in [0.25, 0.3) is 5.91 Å². The molecule has 1 unspecified atom stereocenters. The molecule has 0 fully saturated rings. The smallest absolute Gasteiger partial charge is 0.255 e. The van der Waals surface area contributed by atoms with E-state index in [0.29, 0.717) is 16.9 Å². The minimum atomic E-state index is -0.425. The van der Waals surface area contributed by atoms with Gasteiger partial charge in [0.15, 0.2) is 5.78 Å². The summed E-state index contributed by atoms with van der Waals surface area (Å²) in [6.45, 7) is 5.17. The lowest BCUT2D eigenvalue weighted by atomic mass is 9.99. The van der Waals surface area contributed by atoms with E-state index in [0.717, 1.165) is 5.56 Å². The lowest BCUT2D eigenvalue weighted by Gasteiger charge is -2.20. The fraction of sp³-hybridized carbons (Fsp3) is 0.304. The molecule has 0 radical (unpaired) electrons. The van der Waals surface area contributed by atoms with Crippen LogP contribution in [0.25, 0.3) is 6.08 Å². The Labute approximate surface area is 186 Å². The standard InChI is InChI=1S/C23H27N5O4/c1-13(2)20(12-27-31)28-23(30)16-7-9-18(25)21(22(16)32-4)17(24)8-5-15-6-10-19(14(3)29)26-11-15/h5-11,13,20,24H,12,25H2,1-4H3,(H,28,30)/p+1/b8-5+,24-17?. The van der Waals surface area contributed by atoms with E-state index in [9.17, 15) is 14.5 Å². The topological polar surface area (TPSA) is 149 Å². The number of ketones is 1. The number of carbonyl (C=O) groups excluding carboxylic acids is 2. The number of Topliss-reactive ketones (excluding diaryl/α,β-unsaturated/α-hetero) is 1. The quantitative estimate of drug-likeness (QED) is 0.222. The van der Waals surface area contributed by atoms with Crippen molar-refractivity contribution in [2.45, 2.75) is 26.8 Å². The molecule has 0 spiro atoms. The van der Waals surface area contributed by atoms with E-state index in [1.165, 1.54) is 14.0 Å². The van der Waals surface area contributed by atoms with Gasteiger partial charge in [-0.3, -0.25) is 20.0 Å². The molecular weight excluding hydrogens is 410 g/mol. The van der Waals surface area contributed by atoms with Crippen LogP contribution in [0.5, 0.6) is 5.75 Å². The number of nitrogens with one attached hydrogen (secondary N) is 1. The van der Waals surface area contributed by atoms with Gasteiger partial charge in [0.2, 0.25) is 5.71 Å². The average molecular weight is 439 g/mol. The Balaban J connectivity index is 2.35. The van der Waals surface area contributed by atoms with Crippen molar-refractivity contribution in [3.63, 3.8) is 0 Å². The van der Waals surface area contributed by atoms with E-state index in [1.54, 1.807) is 42.6 Å². The largest absolute Gasteiger partial charge is 0.495 e. The minimum Gasteiger partial charge on any atom is -0.495 e. The van der Waals surface area contributed by atoms with Gasteiger partial charge in [-0.15, -0.1) is 0 Å². The number of nitrogen functional groups attached to an aromatic ring is 1. The number of amides is 1. The number of pyridine rings is 1. The van der Waals surface area contributed by atoms with Crippen molar-refractivity contribution in [2.24, 2.45) is 11.1 Å². The van der Waals surface area contributed by atoms with Gasteiger partial charge in [-0.1, -0.05) is 25.1 Å². The third kappa shape index (κ3) is 5.84. The van der Waals surface area contributed by atoms with Crippen molar-refractivity contribution < 1.29 is 19.7 Å². The van der Waals surface area contributed by atoms with E-state index < -0.39 is 11.9 Å². The highest BCUT2D eigenvalue weighted by Crippen LogP contribution is 2.29. The maximum atomic E-state index is 12.9. The Morgan fingerprint density at radius 3 is 2.53 bits per heavy atom. The maximum Gasteiger partial charge on any atom is 0.255 e. The summed E-state index contributed by atoms with van der Waals surface area (Å²) >= 11 is 0. The predicted molar refractivity (Wildman–Crippen MR) is 123 cm³/mol. The molecule has 9 nitrogen and oxygen atoms in total. The fourth-order valence-corrected chi connectivity index (χ4v) is 3.02. The van der Waals surface area contributed by atoms with E-state index in [1.807, 2.05) is 13.8 Å². The third-order valence-electron chi connectivity index (χ3n) is 4.92. The number of hydrogen-bond acceptors (Lipinski definition) is 7. The molecule has 0 saturated heterocycles. The van der Waals surface area contributed by atoms with E-state index in [4.69, 9.17) is 15.9 Å². The molecule has 0 saturated carbocycles. The number of ether oxygens (including phenoxy) is 1. The normalized spacial score (nSPS) is 11.9. The molecule has 1 amide bonds. The van der Waals surface area contributed by atoms with Gasteiger partial charge in [-0.2, -0.15) is 4.91 Å². The van der Waals surface area contributed by atoms with Gasteiger partial charge < -0.3 is 15.8 Å². The summed E-state index contributed by atoms with van der Waals surface area (Å²) in [5.41, 5.74) is 8.45. The van der Waals surface area contributed by atoms with Crippen LogP contribution in [0.3, 0.4) is 0 Å². The first-order valence-corrected chi connectivity index (χ1v) is 10.0. The number of nitroso groups, excluding NO2 is 1. The molecule has 2 rings (SSSR count). The van der Waals surface area contributed by atoms with Crippen molar-refractivity contribution in [3.8, 4) is 5.75 Å². The summed E-state index contributed by atoms with van der Waals surface area (Å²) in [5.74, 6) is -0.316. The lowest BCUT2D eigenvalue weighted by molar-refractivity contribution is -0.111. The highest BCUT2D eigenvalue weighted by atomic mass is 16.5. The van der Waals surface area contributed by atoms with Crippen LogP contribution in [-0.2, 0) is 0 Å². The summed E-state index contributed by atoms with van der Waals surface area (Å²) in [6, 6.07) is 6.05. The lowest BCUT2D eigenvalue weighted by Crippen LogP contribution is -2.42. The predicted octanol–water partition coefficient (Wildman–Crippen LogP) is 1.66. The highest BCUT2D eigenvalue weighted by Gasteiger charge is 2.25. The number of hydrogen-bond donors (Lipinski definition) is 3. The number of nitrogens with two attached hydrogens (primary N) is 2. The zero-order chi connectivity index (χ0) is 23.8. The SMILES string of the molecule is COc1c(C(=O)NC(CN=O)C(C)C)ccc(N)c1C(=[NH2+])/C=C/c1ccc(C(C)=O)nc1. The zero-order valence-electron chi connectivity index (χ0n) is 18.6. The summed E-state index contributed by atoms with van der Waals surface area (Å²) in [5, 5.41) is 12.0. The molecule has 0 aliphatic rings. The molecule has 1 atom stereocenters. The molecule has 0 bridgehead atoms. The first kappa shape index (κ1) is 24.4. The zero-order valence-corrected chi connectivity index (χ0v) is 18.6. The summed E-state index contributed by atoms with van der Waals surface area (Å²) in [4.78, 5) is 39.0. The highest BCUT2D eigenvalue weighted by molar-refractivity contribution is 6.14. The Bertz CT molecular complexity index is 1050. The molecular formula is C23H28N5O4+. The third-order valence-corrected chi connectivity index (χ3v) is 4.92. The number of methoxy groups -OCH3 is 1. The summed E-state index contributed by atoms with van der Waals surface area (Å²) < 4.78 is 5.49. The van der Waals surface area contributed by atoms with Gasteiger partial charge in [-0.25, -0.2) is 0 Å². The molecule has 5 N–H and O–H groups in total. The van der Waals surface area contributed by atoms with E-state index >= 15 is 0 Å². The van der Waals surface area contributed by atoms with Crippen molar-refractivity contribution in [1.29, 1.82) is 0 Å². The molecule has 168 valence electrons. The van der Waals surface area contributed by atoms with Crippen molar-refractivity contribution in [3.05, 3.63) is 63.8 Å². The average Bonchev–Trinajstić information content (AvgIpc) is 2.76. The second-order valence-corrected chi connectivity index (χ2v) is 7.57.